The van der Waals surface area contributed by atoms with Crippen LogP contribution in [0, 0.1) is 12.7 Å². The fraction of sp³-hybridized carbons (Fsp3) is 0.280. The highest BCUT2D eigenvalue weighted by Gasteiger charge is 2.24. The van der Waals surface area contributed by atoms with Crippen LogP contribution in [0.4, 0.5) is 13.2 Å². The number of imidazole rings is 1. The molecule has 1 atom stereocenters. The summed E-state index contributed by atoms with van der Waals surface area (Å²) in [6.45, 7) is 0.804. The molecule has 10 heteroatoms. The molecule has 0 bridgehead atoms. The molecule has 4 aromatic rings. The molecule has 0 aliphatic heterocycles. The van der Waals surface area contributed by atoms with Gasteiger partial charge in [-0.3, -0.25) is 4.57 Å². The standard InChI is InChI=1S/C25H24F3N3O3S/c1-4-33-21-11-15(9-10-20(21)34-24(27)28)19(13-35-3)31-23-22(30-25(31)32)14(2)17(12-29-23)16-7-5-6-8-18(16)26/h5-12,19,24H,4,13H2,1-3H3,(H,30,32). The number of halogens is 3. The predicted octanol–water partition coefficient (Wildman–Crippen LogP) is 5.79. The smallest absolute Gasteiger partial charge is 0.387 e. The summed E-state index contributed by atoms with van der Waals surface area (Å²) in [5, 5.41) is 0. The molecule has 0 saturated carbocycles. The Morgan fingerprint density at radius 2 is 1.91 bits per heavy atom. The van der Waals surface area contributed by atoms with Crippen LogP contribution in [-0.2, 0) is 0 Å². The van der Waals surface area contributed by atoms with Crippen molar-refractivity contribution in [3.05, 3.63) is 76.1 Å². The van der Waals surface area contributed by atoms with Crippen LogP contribution in [0.25, 0.3) is 22.3 Å². The maximum atomic E-state index is 14.4. The zero-order chi connectivity index (χ0) is 25.1. The van der Waals surface area contributed by atoms with Gasteiger partial charge in [-0.15, -0.1) is 0 Å². The number of ether oxygens (including phenoxy) is 2. The predicted molar refractivity (Wildman–Crippen MR) is 131 cm³/mol. The molecular formula is C25H24F3N3O3S. The van der Waals surface area contributed by atoms with Gasteiger partial charge in [0.2, 0.25) is 0 Å². The van der Waals surface area contributed by atoms with Crippen LogP contribution in [0.2, 0.25) is 0 Å². The van der Waals surface area contributed by atoms with Gasteiger partial charge in [-0.1, -0.05) is 24.3 Å². The second-order valence-electron chi connectivity index (χ2n) is 7.76. The lowest BCUT2D eigenvalue weighted by atomic mass is 10.0. The number of hydrogen-bond donors (Lipinski definition) is 1. The van der Waals surface area contributed by atoms with Crippen LogP contribution in [0.5, 0.6) is 11.5 Å². The molecule has 0 amide bonds. The van der Waals surface area contributed by atoms with Gasteiger partial charge in [0.1, 0.15) is 5.82 Å². The monoisotopic (exact) mass is 503 g/mol. The van der Waals surface area contributed by atoms with E-state index in [0.717, 1.165) is 0 Å². The quantitative estimate of drug-likeness (QED) is 0.313. The van der Waals surface area contributed by atoms with Crippen LogP contribution in [0.15, 0.2) is 53.5 Å². The van der Waals surface area contributed by atoms with Gasteiger partial charge in [-0.25, -0.2) is 14.2 Å². The molecule has 0 saturated heterocycles. The lowest BCUT2D eigenvalue weighted by molar-refractivity contribution is -0.0514. The maximum Gasteiger partial charge on any atom is 0.387 e. The summed E-state index contributed by atoms with van der Waals surface area (Å²) in [7, 11) is 0. The molecule has 1 N–H and O–H groups in total. The maximum absolute atomic E-state index is 14.4. The average Bonchev–Trinajstić information content (AvgIpc) is 3.16. The number of pyridine rings is 1. The minimum absolute atomic E-state index is 0.0803. The second-order valence-corrected chi connectivity index (χ2v) is 8.67. The van der Waals surface area contributed by atoms with E-state index < -0.39 is 12.7 Å². The lowest BCUT2D eigenvalue weighted by Gasteiger charge is -2.20. The first kappa shape index (κ1) is 24.7. The van der Waals surface area contributed by atoms with E-state index in [2.05, 4.69) is 14.7 Å². The number of nitrogens with one attached hydrogen (secondary N) is 1. The molecule has 0 fully saturated rings. The molecule has 2 aromatic heterocycles. The Bertz CT molecular complexity index is 1400. The van der Waals surface area contributed by atoms with Gasteiger partial charge in [-0.05, 0) is 49.4 Å². The van der Waals surface area contributed by atoms with E-state index in [4.69, 9.17) is 4.74 Å². The number of fused-ring (bicyclic) bond motifs is 1. The molecule has 0 spiro atoms. The van der Waals surface area contributed by atoms with E-state index in [0.29, 0.717) is 39.2 Å². The minimum atomic E-state index is -2.99. The Kier molecular flexibility index (Phi) is 7.39. The first-order valence-electron chi connectivity index (χ1n) is 10.9. The van der Waals surface area contributed by atoms with Crippen molar-refractivity contribution in [2.24, 2.45) is 0 Å². The number of hydrogen-bond acceptors (Lipinski definition) is 5. The van der Waals surface area contributed by atoms with Gasteiger partial charge >= 0.3 is 12.3 Å². The Balaban J connectivity index is 1.85. The molecule has 4 rings (SSSR count). The van der Waals surface area contributed by atoms with Crippen molar-refractivity contribution in [3.8, 4) is 22.6 Å². The molecule has 184 valence electrons. The van der Waals surface area contributed by atoms with Gasteiger partial charge in [0.25, 0.3) is 0 Å². The number of aromatic nitrogens is 3. The van der Waals surface area contributed by atoms with E-state index in [1.807, 2.05) is 6.26 Å². The summed E-state index contributed by atoms with van der Waals surface area (Å²) in [4.78, 5) is 20.5. The van der Waals surface area contributed by atoms with Gasteiger partial charge in [0.05, 0.1) is 18.2 Å². The summed E-state index contributed by atoms with van der Waals surface area (Å²) in [5.41, 5.74) is 2.87. The van der Waals surface area contributed by atoms with Gasteiger partial charge in [0, 0.05) is 23.1 Å². The molecule has 2 aromatic carbocycles. The van der Waals surface area contributed by atoms with E-state index >= 15 is 0 Å². The molecule has 6 nitrogen and oxygen atoms in total. The summed E-state index contributed by atoms with van der Waals surface area (Å²) < 4.78 is 51.7. The highest BCUT2D eigenvalue weighted by Crippen LogP contribution is 2.35. The normalized spacial score (nSPS) is 12.3. The third-order valence-electron chi connectivity index (χ3n) is 5.67. The number of aromatic amines is 1. The van der Waals surface area contributed by atoms with Gasteiger partial charge in [0.15, 0.2) is 17.1 Å². The van der Waals surface area contributed by atoms with Crippen LogP contribution >= 0.6 is 11.8 Å². The number of H-pyrrole nitrogens is 1. The Morgan fingerprint density at radius 3 is 2.60 bits per heavy atom. The fourth-order valence-electron chi connectivity index (χ4n) is 4.10. The molecule has 35 heavy (non-hydrogen) atoms. The number of rotatable bonds is 9. The van der Waals surface area contributed by atoms with Crippen LogP contribution in [-0.4, -0.2) is 39.8 Å². The minimum Gasteiger partial charge on any atom is -0.490 e. The fourth-order valence-corrected chi connectivity index (χ4v) is 4.75. The van der Waals surface area contributed by atoms with Crippen LogP contribution < -0.4 is 15.2 Å². The zero-order valence-electron chi connectivity index (χ0n) is 19.3. The summed E-state index contributed by atoms with van der Waals surface area (Å²) in [6.07, 6.45) is 3.46. The largest absolute Gasteiger partial charge is 0.490 e. The number of nitrogens with zero attached hydrogens (tertiary/aromatic N) is 2. The Labute approximate surface area is 204 Å². The Hall–Kier alpha value is -3.40. The SMILES string of the molecule is CCOc1cc(C(CSC)n2c(=O)[nH]c3c(C)c(-c4ccccc4F)cnc32)ccc1OC(F)F. The van der Waals surface area contributed by atoms with Crippen LogP contribution in [0.3, 0.4) is 0 Å². The summed E-state index contributed by atoms with van der Waals surface area (Å²) >= 11 is 1.52. The molecule has 0 aliphatic rings. The summed E-state index contributed by atoms with van der Waals surface area (Å²) in [6, 6.07) is 10.6. The van der Waals surface area contributed by atoms with Crippen molar-refractivity contribution in [1.29, 1.82) is 0 Å². The van der Waals surface area contributed by atoms with Crippen molar-refractivity contribution >= 4 is 22.9 Å². The van der Waals surface area contributed by atoms with Crippen molar-refractivity contribution in [2.75, 3.05) is 18.6 Å². The lowest BCUT2D eigenvalue weighted by Crippen LogP contribution is -2.25. The number of alkyl halides is 2. The first-order chi connectivity index (χ1) is 16.8. The number of benzene rings is 2. The number of aryl methyl sites for hydroxylation is 1. The van der Waals surface area contributed by atoms with Crippen molar-refractivity contribution in [1.82, 2.24) is 14.5 Å². The van der Waals surface area contributed by atoms with Crippen molar-refractivity contribution < 1.29 is 22.6 Å². The van der Waals surface area contributed by atoms with Gasteiger partial charge < -0.3 is 14.5 Å². The third-order valence-corrected chi connectivity index (χ3v) is 6.32. The third kappa shape index (κ3) is 4.88. The van der Waals surface area contributed by atoms with E-state index in [1.54, 1.807) is 50.4 Å². The highest BCUT2D eigenvalue weighted by molar-refractivity contribution is 7.98. The first-order valence-corrected chi connectivity index (χ1v) is 12.3. The van der Waals surface area contributed by atoms with Crippen molar-refractivity contribution in [2.45, 2.75) is 26.5 Å². The molecule has 0 aliphatic carbocycles. The van der Waals surface area contributed by atoms with E-state index in [1.165, 1.54) is 28.5 Å². The Morgan fingerprint density at radius 1 is 1.14 bits per heavy atom. The molecule has 1 unspecified atom stereocenters. The van der Waals surface area contributed by atoms with E-state index in [9.17, 15) is 18.0 Å². The molecule has 2 heterocycles. The topological polar surface area (TPSA) is 69.1 Å². The number of thioether (sulfide) groups is 1. The van der Waals surface area contributed by atoms with Crippen molar-refractivity contribution in [3.63, 3.8) is 0 Å². The van der Waals surface area contributed by atoms with Gasteiger partial charge in [-0.2, -0.15) is 20.5 Å². The zero-order valence-corrected chi connectivity index (χ0v) is 20.2. The molecule has 0 radical (unpaired) electrons. The van der Waals surface area contributed by atoms with E-state index in [-0.39, 0.29) is 29.6 Å². The average molecular weight is 504 g/mol. The summed E-state index contributed by atoms with van der Waals surface area (Å²) in [5.74, 6) is 0.204. The highest BCUT2D eigenvalue weighted by atomic mass is 32.2. The van der Waals surface area contributed by atoms with Crippen LogP contribution in [0.1, 0.15) is 24.1 Å². The second kappa shape index (κ2) is 10.5. The molecular weight excluding hydrogens is 479 g/mol.